The second-order valence-electron chi connectivity index (χ2n) is 4.45. The van der Waals surface area contributed by atoms with Crippen LogP contribution in [0.15, 0.2) is 30.3 Å². The fraction of sp³-hybridized carbons (Fsp3) is 0.500. The molecule has 0 aliphatic heterocycles. The van der Waals surface area contributed by atoms with Crippen LogP contribution in [0.4, 0.5) is 0 Å². The normalized spacial score (nSPS) is 14.0. The fourth-order valence-electron chi connectivity index (χ4n) is 1.55. The Balaban J connectivity index is 2.53. The van der Waals surface area contributed by atoms with Crippen LogP contribution in [0.2, 0.25) is 0 Å². The Hall–Kier alpha value is -1.00. The van der Waals surface area contributed by atoms with Gasteiger partial charge in [0.05, 0.1) is 11.8 Å². The number of hydrogen-bond acceptors (Lipinski definition) is 3. The van der Waals surface area contributed by atoms with E-state index in [1.807, 2.05) is 51.2 Å². The highest BCUT2D eigenvalue weighted by Crippen LogP contribution is 2.19. The molecular formula is C14H22N2OS. The van der Waals surface area contributed by atoms with Gasteiger partial charge in [0.25, 0.3) is 0 Å². The summed E-state index contributed by atoms with van der Waals surface area (Å²) in [7, 11) is 1.85. The van der Waals surface area contributed by atoms with Crippen molar-refractivity contribution in [2.75, 3.05) is 19.3 Å². The Morgan fingerprint density at radius 3 is 2.50 bits per heavy atom. The van der Waals surface area contributed by atoms with Crippen LogP contribution >= 0.6 is 11.8 Å². The lowest BCUT2D eigenvalue weighted by molar-refractivity contribution is -0.128. The van der Waals surface area contributed by atoms with Crippen molar-refractivity contribution in [3.63, 3.8) is 0 Å². The van der Waals surface area contributed by atoms with Gasteiger partial charge in [0.2, 0.25) is 5.91 Å². The number of carbonyl (C=O) groups is 1. The van der Waals surface area contributed by atoms with Gasteiger partial charge in [-0.3, -0.25) is 4.79 Å². The number of carbonyl (C=O) groups excluding carboxylic acids is 1. The second kappa shape index (κ2) is 7.44. The van der Waals surface area contributed by atoms with E-state index in [0.717, 1.165) is 5.56 Å². The van der Waals surface area contributed by atoms with E-state index in [1.165, 1.54) is 0 Å². The quantitative estimate of drug-likeness (QED) is 0.859. The topological polar surface area (TPSA) is 46.3 Å². The molecule has 0 spiro atoms. The van der Waals surface area contributed by atoms with Crippen molar-refractivity contribution in [2.45, 2.75) is 25.1 Å². The largest absolute Gasteiger partial charge is 0.338 e. The molecule has 0 bridgehead atoms. The molecular weight excluding hydrogens is 244 g/mol. The molecule has 0 heterocycles. The molecule has 1 aromatic rings. The molecule has 1 rings (SSSR count). The summed E-state index contributed by atoms with van der Waals surface area (Å²) < 4.78 is 0. The van der Waals surface area contributed by atoms with Crippen molar-refractivity contribution >= 4 is 17.7 Å². The standard InChI is InChI=1S/C14H22N2OS/c1-11(9-15)18-10-14(17)16(3)12(2)13-7-5-4-6-8-13/h4-8,11-12H,9-10,15H2,1-3H3. The number of hydrogen-bond donors (Lipinski definition) is 1. The molecule has 100 valence electrons. The highest BCUT2D eigenvalue weighted by atomic mass is 32.2. The molecule has 18 heavy (non-hydrogen) atoms. The molecule has 1 amide bonds. The highest BCUT2D eigenvalue weighted by Gasteiger charge is 2.17. The van der Waals surface area contributed by atoms with Gasteiger partial charge in [-0.25, -0.2) is 0 Å². The van der Waals surface area contributed by atoms with E-state index in [-0.39, 0.29) is 11.9 Å². The second-order valence-corrected chi connectivity index (χ2v) is 5.88. The van der Waals surface area contributed by atoms with Gasteiger partial charge in [0.15, 0.2) is 0 Å². The monoisotopic (exact) mass is 266 g/mol. The molecule has 3 nitrogen and oxygen atoms in total. The Labute approximate surface area is 114 Å². The Morgan fingerprint density at radius 1 is 1.33 bits per heavy atom. The van der Waals surface area contributed by atoms with Gasteiger partial charge in [-0.15, -0.1) is 11.8 Å². The molecule has 2 N–H and O–H groups in total. The predicted octanol–water partition coefficient (Wildman–Crippen LogP) is 2.29. The average molecular weight is 266 g/mol. The van der Waals surface area contributed by atoms with Gasteiger partial charge in [0, 0.05) is 18.8 Å². The third-order valence-corrected chi connectivity index (χ3v) is 4.25. The summed E-state index contributed by atoms with van der Waals surface area (Å²) in [4.78, 5) is 13.8. The molecule has 2 unspecified atom stereocenters. The molecule has 0 fully saturated rings. The summed E-state index contributed by atoms with van der Waals surface area (Å²) in [5.74, 6) is 0.642. The van der Waals surface area contributed by atoms with Gasteiger partial charge in [-0.2, -0.15) is 0 Å². The molecule has 1 aromatic carbocycles. The van der Waals surface area contributed by atoms with Crippen LogP contribution in [0.3, 0.4) is 0 Å². The summed E-state index contributed by atoms with van der Waals surface area (Å²) in [6.45, 7) is 4.69. The van der Waals surface area contributed by atoms with Crippen LogP contribution in [0, 0.1) is 0 Å². The van der Waals surface area contributed by atoms with Crippen LogP contribution in [-0.2, 0) is 4.79 Å². The van der Waals surface area contributed by atoms with Crippen molar-refractivity contribution in [1.29, 1.82) is 0 Å². The van der Waals surface area contributed by atoms with E-state index in [1.54, 1.807) is 16.7 Å². The van der Waals surface area contributed by atoms with E-state index in [9.17, 15) is 4.79 Å². The Bertz CT molecular complexity index is 369. The number of nitrogens with zero attached hydrogens (tertiary/aromatic N) is 1. The maximum atomic E-state index is 12.0. The van der Waals surface area contributed by atoms with Crippen LogP contribution in [-0.4, -0.2) is 35.4 Å². The summed E-state index contributed by atoms with van der Waals surface area (Å²) >= 11 is 1.61. The van der Waals surface area contributed by atoms with E-state index in [4.69, 9.17) is 5.73 Å². The van der Waals surface area contributed by atoms with Crippen LogP contribution in [0.25, 0.3) is 0 Å². The summed E-state index contributed by atoms with van der Waals surface area (Å²) in [5.41, 5.74) is 6.70. The number of benzene rings is 1. The maximum absolute atomic E-state index is 12.0. The molecule has 0 aliphatic rings. The van der Waals surface area contributed by atoms with Gasteiger partial charge in [-0.05, 0) is 12.5 Å². The van der Waals surface area contributed by atoms with Gasteiger partial charge >= 0.3 is 0 Å². The first-order chi connectivity index (χ1) is 8.56. The van der Waals surface area contributed by atoms with Crippen LogP contribution in [0.5, 0.6) is 0 Å². The molecule has 4 heteroatoms. The first kappa shape index (κ1) is 15.1. The van der Waals surface area contributed by atoms with E-state index < -0.39 is 0 Å². The van der Waals surface area contributed by atoms with Crippen molar-refractivity contribution < 1.29 is 4.79 Å². The lowest BCUT2D eigenvalue weighted by atomic mass is 10.1. The van der Waals surface area contributed by atoms with Crippen molar-refractivity contribution in [2.24, 2.45) is 5.73 Å². The van der Waals surface area contributed by atoms with Crippen LogP contribution in [0.1, 0.15) is 25.5 Å². The molecule has 0 saturated heterocycles. The highest BCUT2D eigenvalue weighted by molar-refractivity contribution is 8.00. The maximum Gasteiger partial charge on any atom is 0.232 e. The Kier molecular flexibility index (Phi) is 6.22. The van der Waals surface area contributed by atoms with Crippen molar-refractivity contribution in [1.82, 2.24) is 4.90 Å². The lowest BCUT2D eigenvalue weighted by Crippen LogP contribution is -2.31. The minimum absolute atomic E-state index is 0.104. The first-order valence-electron chi connectivity index (χ1n) is 6.18. The number of nitrogens with two attached hydrogens (primary N) is 1. The zero-order chi connectivity index (χ0) is 13.5. The number of amides is 1. The van der Waals surface area contributed by atoms with Crippen LogP contribution < -0.4 is 5.73 Å². The molecule has 0 saturated carbocycles. The molecule has 0 aliphatic carbocycles. The lowest BCUT2D eigenvalue weighted by Gasteiger charge is -2.25. The molecule has 0 aromatic heterocycles. The minimum Gasteiger partial charge on any atom is -0.338 e. The third-order valence-electron chi connectivity index (χ3n) is 3.08. The molecule has 2 atom stereocenters. The number of rotatable bonds is 6. The van der Waals surface area contributed by atoms with Crippen molar-refractivity contribution in [3.8, 4) is 0 Å². The predicted molar refractivity (Wildman–Crippen MR) is 78.6 cm³/mol. The average Bonchev–Trinajstić information content (AvgIpc) is 2.43. The van der Waals surface area contributed by atoms with E-state index in [2.05, 4.69) is 0 Å². The van der Waals surface area contributed by atoms with Gasteiger partial charge in [-0.1, -0.05) is 37.3 Å². The zero-order valence-corrected chi connectivity index (χ0v) is 12.1. The summed E-state index contributed by atoms with van der Waals surface area (Å²) in [6, 6.07) is 10.2. The van der Waals surface area contributed by atoms with E-state index >= 15 is 0 Å². The minimum atomic E-state index is 0.104. The SMILES string of the molecule is CC(CN)SCC(=O)N(C)C(C)c1ccccc1. The first-order valence-corrected chi connectivity index (χ1v) is 7.23. The molecule has 0 radical (unpaired) electrons. The summed E-state index contributed by atoms with van der Waals surface area (Å²) in [5, 5.41) is 0.328. The summed E-state index contributed by atoms with van der Waals surface area (Å²) in [6.07, 6.45) is 0. The third kappa shape index (κ3) is 4.35. The number of thioether (sulfide) groups is 1. The zero-order valence-electron chi connectivity index (χ0n) is 11.3. The van der Waals surface area contributed by atoms with Gasteiger partial charge < -0.3 is 10.6 Å². The van der Waals surface area contributed by atoms with E-state index in [0.29, 0.717) is 17.5 Å². The smallest absolute Gasteiger partial charge is 0.232 e. The fourth-order valence-corrected chi connectivity index (χ4v) is 2.32. The van der Waals surface area contributed by atoms with Gasteiger partial charge in [0.1, 0.15) is 0 Å². The Morgan fingerprint density at radius 2 is 1.94 bits per heavy atom. The van der Waals surface area contributed by atoms with Crippen molar-refractivity contribution in [3.05, 3.63) is 35.9 Å².